The fraction of sp³-hybridized carbons (Fsp3) is 0.769. The van der Waals surface area contributed by atoms with Gasteiger partial charge in [0.15, 0.2) is 5.76 Å². The smallest absolute Gasteiger partial charge is 0.248 e. The number of rotatable bonds is 6. The largest absolute Gasteiger partial charge is 0.360 e. The second-order valence-corrected chi connectivity index (χ2v) is 7.18. The molecule has 1 saturated heterocycles. The molecule has 0 aliphatic carbocycles. The molecule has 1 atom stereocenters. The predicted molar refractivity (Wildman–Crippen MR) is 76.1 cm³/mol. The predicted octanol–water partition coefficient (Wildman–Crippen LogP) is 1.44. The van der Waals surface area contributed by atoms with E-state index in [2.05, 4.69) is 10.5 Å². The zero-order chi connectivity index (χ0) is 14.8. The van der Waals surface area contributed by atoms with Gasteiger partial charge in [0.25, 0.3) is 0 Å². The van der Waals surface area contributed by atoms with Crippen LogP contribution in [0.1, 0.15) is 37.6 Å². The molecule has 7 heteroatoms. The van der Waals surface area contributed by atoms with Crippen LogP contribution in [0.15, 0.2) is 9.42 Å². The number of hydrogen-bond donors (Lipinski definition) is 1. The van der Waals surface area contributed by atoms with E-state index in [0.717, 1.165) is 25.8 Å². The number of nitrogens with zero attached hydrogens (tertiary/aromatic N) is 2. The maximum Gasteiger partial charge on any atom is 0.248 e. The second-order valence-electron chi connectivity index (χ2n) is 5.31. The molecular formula is C13H23N3O3S. The lowest BCUT2D eigenvalue weighted by atomic mass is 10.2. The molecule has 1 fully saturated rings. The average molecular weight is 301 g/mol. The second kappa shape index (κ2) is 6.24. The third-order valence-corrected chi connectivity index (χ3v) is 5.74. The summed E-state index contributed by atoms with van der Waals surface area (Å²) in [6.45, 7) is 7.30. The van der Waals surface area contributed by atoms with Crippen molar-refractivity contribution in [3.8, 4) is 0 Å². The Morgan fingerprint density at radius 2 is 2.20 bits per heavy atom. The van der Waals surface area contributed by atoms with E-state index in [1.807, 2.05) is 6.92 Å². The maximum atomic E-state index is 12.8. The van der Waals surface area contributed by atoms with Crippen molar-refractivity contribution in [2.24, 2.45) is 0 Å². The van der Waals surface area contributed by atoms with E-state index in [-0.39, 0.29) is 10.9 Å². The fourth-order valence-electron chi connectivity index (χ4n) is 2.69. The molecule has 1 N–H and O–H groups in total. The summed E-state index contributed by atoms with van der Waals surface area (Å²) in [7, 11) is -3.53. The van der Waals surface area contributed by atoms with Crippen LogP contribution < -0.4 is 5.32 Å². The van der Waals surface area contributed by atoms with Gasteiger partial charge in [0.1, 0.15) is 10.6 Å². The summed E-state index contributed by atoms with van der Waals surface area (Å²) in [5.41, 5.74) is 0.433. The molecule has 20 heavy (non-hydrogen) atoms. The van der Waals surface area contributed by atoms with Gasteiger partial charge in [-0.3, -0.25) is 0 Å². The molecule has 6 nitrogen and oxygen atoms in total. The summed E-state index contributed by atoms with van der Waals surface area (Å²) < 4.78 is 32.2. The highest BCUT2D eigenvalue weighted by Gasteiger charge is 2.32. The average Bonchev–Trinajstić information content (AvgIpc) is 2.99. The summed E-state index contributed by atoms with van der Waals surface area (Å²) >= 11 is 0. The Balaban J connectivity index is 2.27. The molecule has 1 aromatic rings. The van der Waals surface area contributed by atoms with Gasteiger partial charge >= 0.3 is 0 Å². The van der Waals surface area contributed by atoms with Crippen molar-refractivity contribution in [1.82, 2.24) is 14.8 Å². The van der Waals surface area contributed by atoms with Crippen LogP contribution in [-0.4, -0.2) is 43.6 Å². The third kappa shape index (κ3) is 3.05. The van der Waals surface area contributed by atoms with Crippen LogP contribution >= 0.6 is 0 Å². The van der Waals surface area contributed by atoms with Gasteiger partial charge in [0, 0.05) is 19.1 Å². The minimum atomic E-state index is -3.53. The number of hydrogen-bond acceptors (Lipinski definition) is 5. The Kier molecular flexibility index (Phi) is 4.82. The molecule has 1 aliphatic heterocycles. The van der Waals surface area contributed by atoms with Gasteiger partial charge in [0.05, 0.1) is 0 Å². The number of sulfonamides is 1. The summed E-state index contributed by atoms with van der Waals surface area (Å²) in [4.78, 5) is 0.226. The van der Waals surface area contributed by atoms with E-state index in [1.54, 1.807) is 18.2 Å². The summed E-state index contributed by atoms with van der Waals surface area (Å²) in [5.74, 6) is 0.364. The zero-order valence-electron chi connectivity index (χ0n) is 12.3. The molecule has 0 aromatic carbocycles. The fourth-order valence-corrected chi connectivity index (χ4v) is 4.56. The number of nitrogens with one attached hydrogen (secondary N) is 1. The molecule has 2 heterocycles. The highest BCUT2D eigenvalue weighted by atomic mass is 32.2. The quantitative estimate of drug-likeness (QED) is 0.860. The first-order valence-electron chi connectivity index (χ1n) is 7.13. The van der Waals surface area contributed by atoms with E-state index in [1.165, 1.54) is 0 Å². The Morgan fingerprint density at radius 3 is 2.70 bits per heavy atom. The number of aryl methyl sites for hydroxylation is 2. The molecule has 0 saturated carbocycles. The van der Waals surface area contributed by atoms with Crippen LogP contribution in [0.5, 0.6) is 0 Å². The Bertz CT molecular complexity index is 528. The summed E-state index contributed by atoms with van der Waals surface area (Å²) in [5, 5.41) is 7.11. The molecule has 0 radical (unpaired) electrons. The topological polar surface area (TPSA) is 75.4 Å². The van der Waals surface area contributed by atoms with Crippen molar-refractivity contribution in [2.45, 2.75) is 51.0 Å². The minimum absolute atomic E-state index is 0.226. The molecular weight excluding hydrogens is 278 g/mol. The number of aromatic nitrogens is 1. The van der Waals surface area contributed by atoms with E-state index >= 15 is 0 Å². The van der Waals surface area contributed by atoms with Gasteiger partial charge in [-0.15, -0.1) is 0 Å². The van der Waals surface area contributed by atoms with Gasteiger partial charge in [-0.25, -0.2) is 8.42 Å². The molecule has 0 amide bonds. The lowest BCUT2D eigenvalue weighted by Crippen LogP contribution is -2.41. The van der Waals surface area contributed by atoms with Crippen molar-refractivity contribution in [2.75, 3.05) is 19.6 Å². The first-order valence-corrected chi connectivity index (χ1v) is 8.57. The molecule has 2 rings (SSSR count). The summed E-state index contributed by atoms with van der Waals surface area (Å²) in [6.07, 6.45) is 2.92. The molecule has 1 aromatic heterocycles. The minimum Gasteiger partial charge on any atom is -0.360 e. The normalized spacial score (nSPS) is 19.9. The monoisotopic (exact) mass is 301 g/mol. The molecule has 114 valence electrons. The highest BCUT2D eigenvalue weighted by molar-refractivity contribution is 7.89. The zero-order valence-corrected chi connectivity index (χ0v) is 13.2. The van der Waals surface area contributed by atoms with Crippen molar-refractivity contribution < 1.29 is 12.9 Å². The van der Waals surface area contributed by atoms with Crippen LogP contribution in [0.25, 0.3) is 0 Å². The van der Waals surface area contributed by atoms with Gasteiger partial charge in [-0.1, -0.05) is 12.1 Å². The van der Waals surface area contributed by atoms with Crippen molar-refractivity contribution in [3.05, 3.63) is 11.5 Å². The standard InChI is InChI=1S/C13H23N3O3S/c1-4-8-16(9-12-6-5-7-14-12)20(17,18)13-10(2)15-19-11(13)3/h12,14H,4-9H2,1-3H3. The van der Waals surface area contributed by atoms with E-state index < -0.39 is 10.0 Å². The molecule has 1 unspecified atom stereocenters. The van der Waals surface area contributed by atoms with Crippen molar-refractivity contribution in [3.63, 3.8) is 0 Å². The third-order valence-electron chi connectivity index (χ3n) is 3.63. The highest BCUT2D eigenvalue weighted by Crippen LogP contribution is 2.24. The first kappa shape index (κ1) is 15.5. The molecule has 1 aliphatic rings. The van der Waals surface area contributed by atoms with Crippen molar-refractivity contribution >= 4 is 10.0 Å². The van der Waals surface area contributed by atoms with Gasteiger partial charge in [-0.2, -0.15) is 4.31 Å². The van der Waals surface area contributed by atoms with E-state index in [4.69, 9.17) is 4.52 Å². The van der Waals surface area contributed by atoms with Crippen LogP contribution in [0.3, 0.4) is 0 Å². The van der Waals surface area contributed by atoms with E-state index in [0.29, 0.717) is 24.5 Å². The van der Waals surface area contributed by atoms with Crippen LogP contribution in [-0.2, 0) is 10.0 Å². The van der Waals surface area contributed by atoms with Crippen LogP contribution in [0.2, 0.25) is 0 Å². The van der Waals surface area contributed by atoms with Crippen LogP contribution in [0, 0.1) is 13.8 Å². The summed E-state index contributed by atoms with van der Waals surface area (Å²) in [6, 6.07) is 0.247. The van der Waals surface area contributed by atoms with Gasteiger partial charge in [0.2, 0.25) is 10.0 Å². The van der Waals surface area contributed by atoms with Crippen molar-refractivity contribution in [1.29, 1.82) is 0 Å². The van der Waals surface area contributed by atoms with Gasteiger partial charge in [-0.05, 0) is 39.7 Å². The molecule has 0 bridgehead atoms. The SMILES string of the molecule is CCCN(CC1CCCN1)S(=O)(=O)c1c(C)noc1C. The van der Waals surface area contributed by atoms with Crippen LogP contribution in [0.4, 0.5) is 0 Å². The Hall–Kier alpha value is -0.920. The van der Waals surface area contributed by atoms with E-state index in [9.17, 15) is 8.42 Å². The maximum absolute atomic E-state index is 12.8. The molecule has 0 spiro atoms. The lowest BCUT2D eigenvalue weighted by Gasteiger charge is -2.24. The Labute approximate surface area is 120 Å². The van der Waals surface area contributed by atoms with Gasteiger partial charge < -0.3 is 9.84 Å². The first-order chi connectivity index (χ1) is 9.46. The lowest BCUT2D eigenvalue weighted by molar-refractivity contribution is 0.366. The Morgan fingerprint density at radius 1 is 1.45 bits per heavy atom.